The SMILES string of the molecule is Cc1nn(-c2ccccc2)c2sc(C(=O)OCC(=O)NC3(C#N)CCCC3)cc12. The molecule has 7 nitrogen and oxygen atoms in total. The second-order valence-electron chi connectivity index (χ2n) is 7.19. The summed E-state index contributed by atoms with van der Waals surface area (Å²) < 4.78 is 7.00. The summed E-state index contributed by atoms with van der Waals surface area (Å²) in [6.45, 7) is 1.49. The Bertz CT molecular complexity index is 1100. The van der Waals surface area contributed by atoms with E-state index in [2.05, 4.69) is 16.5 Å². The monoisotopic (exact) mass is 408 g/mol. The fraction of sp³-hybridized carbons (Fsp3) is 0.333. The van der Waals surface area contributed by atoms with E-state index >= 15 is 0 Å². The average molecular weight is 408 g/mol. The molecule has 2 heterocycles. The highest BCUT2D eigenvalue weighted by molar-refractivity contribution is 7.20. The Morgan fingerprint density at radius 3 is 2.72 bits per heavy atom. The van der Waals surface area contributed by atoms with E-state index in [-0.39, 0.29) is 0 Å². The Hall–Kier alpha value is -3.18. The highest BCUT2D eigenvalue weighted by Crippen LogP contribution is 2.31. The van der Waals surface area contributed by atoms with E-state index in [1.54, 1.807) is 10.7 Å². The molecule has 148 valence electrons. The maximum absolute atomic E-state index is 12.5. The molecule has 0 radical (unpaired) electrons. The van der Waals surface area contributed by atoms with Gasteiger partial charge in [0.15, 0.2) is 6.61 Å². The minimum Gasteiger partial charge on any atom is -0.451 e. The Labute approximate surface area is 171 Å². The first-order valence-electron chi connectivity index (χ1n) is 9.45. The number of rotatable bonds is 5. The van der Waals surface area contributed by atoms with Gasteiger partial charge in [-0.3, -0.25) is 4.79 Å². The highest BCUT2D eigenvalue weighted by Gasteiger charge is 2.35. The molecule has 3 aromatic rings. The molecule has 0 aliphatic heterocycles. The zero-order valence-corrected chi connectivity index (χ0v) is 16.8. The van der Waals surface area contributed by atoms with Crippen LogP contribution >= 0.6 is 11.3 Å². The summed E-state index contributed by atoms with van der Waals surface area (Å²) in [7, 11) is 0. The van der Waals surface area contributed by atoms with Crippen LogP contribution < -0.4 is 5.32 Å². The van der Waals surface area contributed by atoms with E-state index in [0.717, 1.165) is 34.4 Å². The number of carbonyl (C=O) groups excluding carboxylic acids is 2. The number of carbonyl (C=O) groups is 2. The van der Waals surface area contributed by atoms with Crippen LogP contribution in [0.4, 0.5) is 0 Å². The van der Waals surface area contributed by atoms with Gasteiger partial charge < -0.3 is 10.1 Å². The van der Waals surface area contributed by atoms with Gasteiger partial charge in [0.2, 0.25) is 0 Å². The number of nitriles is 1. The summed E-state index contributed by atoms with van der Waals surface area (Å²) in [5.41, 5.74) is 0.899. The molecule has 1 amide bonds. The maximum atomic E-state index is 12.5. The van der Waals surface area contributed by atoms with Crippen molar-refractivity contribution in [1.82, 2.24) is 15.1 Å². The van der Waals surface area contributed by atoms with Crippen molar-refractivity contribution in [2.45, 2.75) is 38.1 Å². The quantitative estimate of drug-likeness (QED) is 0.652. The van der Waals surface area contributed by atoms with Crippen LogP contribution in [0, 0.1) is 18.3 Å². The van der Waals surface area contributed by atoms with E-state index in [1.807, 2.05) is 37.3 Å². The fourth-order valence-corrected chi connectivity index (χ4v) is 4.72. The number of amides is 1. The van der Waals surface area contributed by atoms with Crippen molar-refractivity contribution >= 4 is 33.4 Å². The van der Waals surface area contributed by atoms with Crippen molar-refractivity contribution in [2.75, 3.05) is 6.61 Å². The van der Waals surface area contributed by atoms with E-state index in [0.29, 0.717) is 17.7 Å². The summed E-state index contributed by atoms with van der Waals surface area (Å²) in [6.07, 6.45) is 3.09. The van der Waals surface area contributed by atoms with Crippen LogP contribution in [0.2, 0.25) is 0 Å². The van der Waals surface area contributed by atoms with Crippen LogP contribution in [0.5, 0.6) is 0 Å². The van der Waals surface area contributed by atoms with E-state index in [4.69, 9.17) is 4.74 Å². The third-order valence-corrected chi connectivity index (χ3v) is 6.22. The lowest BCUT2D eigenvalue weighted by Crippen LogP contribution is -2.46. The molecular formula is C21H20N4O3S. The Morgan fingerprint density at radius 1 is 1.31 bits per heavy atom. The van der Waals surface area contributed by atoms with Gasteiger partial charge in [0.25, 0.3) is 5.91 Å². The molecule has 0 saturated heterocycles. The largest absolute Gasteiger partial charge is 0.451 e. The molecule has 1 N–H and O–H groups in total. The molecule has 2 aromatic heterocycles. The standard InChI is InChI=1S/C21H20N4O3S/c1-14-16-11-17(29-19(16)25(24-14)15-7-3-2-4-8-15)20(27)28-12-18(26)23-21(13-22)9-5-6-10-21/h2-4,7-8,11H,5-6,9-10,12H2,1H3,(H,23,26). The van der Waals surface area contributed by atoms with Crippen molar-refractivity contribution in [3.05, 3.63) is 47.0 Å². The van der Waals surface area contributed by atoms with Crippen LogP contribution in [-0.2, 0) is 9.53 Å². The third kappa shape index (κ3) is 3.74. The summed E-state index contributed by atoms with van der Waals surface area (Å²) in [5, 5.41) is 17.5. The van der Waals surface area contributed by atoms with Crippen molar-refractivity contribution in [2.24, 2.45) is 0 Å². The van der Waals surface area contributed by atoms with Gasteiger partial charge in [-0.05, 0) is 50.8 Å². The molecule has 8 heteroatoms. The number of para-hydroxylation sites is 1. The molecular weight excluding hydrogens is 388 g/mol. The van der Waals surface area contributed by atoms with Gasteiger partial charge in [0.05, 0.1) is 17.5 Å². The van der Waals surface area contributed by atoms with Crippen LogP contribution in [0.3, 0.4) is 0 Å². The predicted molar refractivity (Wildman–Crippen MR) is 109 cm³/mol. The van der Waals surface area contributed by atoms with Crippen LogP contribution in [-0.4, -0.2) is 33.8 Å². The predicted octanol–water partition coefficient (Wildman–Crippen LogP) is 3.50. The zero-order valence-electron chi connectivity index (χ0n) is 16.0. The number of ether oxygens (including phenoxy) is 1. The van der Waals surface area contributed by atoms with Gasteiger partial charge in [0, 0.05) is 5.39 Å². The van der Waals surface area contributed by atoms with Crippen LogP contribution in [0.25, 0.3) is 15.9 Å². The first kappa shape index (κ1) is 19.2. The second kappa shape index (κ2) is 7.68. The fourth-order valence-electron chi connectivity index (χ4n) is 3.64. The molecule has 1 aliphatic carbocycles. The number of aryl methyl sites for hydroxylation is 1. The van der Waals surface area contributed by atoms with Crippen molar-refractivity contribution in [1.29, 1.82) is 5.26 Å². The smallest absolute Gasteiger partial charge is 0.348 e. The molecule has 0 bridgehead atoms. The first-order valence-corrected chi connectivity index (χ1v) is 10.3. The molecule has 1 aromatic carbocycles. The van der Waals surface area contributed by atoms with Crippen LogP contribution in [0.1, 0.15) is 41.0 Å². The van der Waals surface area contributed by atoms with Crippen molar-refractivity contribution in [3.63, 3.8) is 0 Å². The molecule has 0 spiro atoms. The highest BCUT2D eigenvalue weighted by atomic mass is 32.1. The Kier molecular flexibility index (Phi) is 5.07. The summed E-state index contributed by atoms with van der Waals surface area (Å²) >= 11 is 1.28. The lowest BCUT2D eigenvalue weighted by atomic mass is 10.00. The minimum absolute atomic E-state index is 0.402. The summed E-state index contributed by atoms with van der Waals surface area (Å²) in [6, 6.07) is 13.6. The van der Waals surface area contributed by atoms with E-state index in [9.17, 15) is 14.9 Å². The van der Waals surface area contributed by atoms with Gasteiger partial charge in [-0.2, -0.15) is 10.4 Å². The number of fused-ring (bicyclic) bond motifs is 1. The van der Waals surface area contributed by atoms with E-state index < -0.39 is 24.0 Å². The molecule has 29 heavy (non-hydrogen) atoms. The number of esters is 1. The van der Waals surface area contributed by atoms with Gasteiger partial charge in [-0.1, -0.05) is 18.2 Å². The van der Waals surface area contributed by atoms with Crippen molar-refractivity contribution in [3.8, 4) is 11.8 Å². The summed E-state index contributed by atoms with van der Waals surface area (Å²) in [5.74, 6) is -1.01. The molecule has 0 unspecified atom stereocenters. The number of nitrogens with zero attached hydrogens (tertiary/aromatic N) is 3. The minimum atomic E-state index is -0.822. The number of nitrogens with one attached hydrogen (secondary N) is 1. The zero-order chi connectivity index (χ0) is 20.4. The normalized spacial score (nSPS) is 15.2. The van der Waals surface area contributed by atoms with Crippen LogP contribution in [0.15, 0.2) is 36.4 Å². The number of hydrogen-bond donors (Lipinski definition) is 1. The number of aromatic nitrogens is 2. The van der Waals surface area contributed by atoms with Gasteiger partial charge >= 0.3 is 5.97 Å². The molecule has 1 fully saturated rings. The Balaban J connectivity index is 1.47. The number of benzene rings is 1. The molecule has 0 atom stereocenters. The van der Waals surface area contributed by atoms with Gasteiger partial charge in [-0.15, -0.1) is 11.3 Å². The average Bonchev–Trinajstić information content (AvgIpc) is 3.44. The van der Waals surface area contributed by atoms with Gasteiger partial charge in [0.1, 0.15) is 15.2 Å². The van der Waals surface area contributed by atoms with E-state index in [1.165, 1.54) is 11.3 Å². The number of hydrogen-bond acceptors (Lipinski definition) is 6. The van der Waals surface area contributed by atoms with Gasteiger partial charge in [-0.25, -0.2) is 9.48 Å². The molecule has 4 rings (SSSR count). The lowest BCUT2D eigenvalue weighted by Gasteiger charge is -2.21. The third-order valence-electron chi connectivity index (χ3n) is 5.13. The maximum Gasteiger partial charge on any atom is 0.348 e. The summed E-state index contributed by atoms with van der Waals surface area (Å²) in [4.78, 5) is 25.9. The number of thiophene rings is 1. The molecule has 1 saturated carbocycles. The lowest BCUT2D eigenvalue weighted by molar-refractivity contribution is -0.125. The topological polar surface area (TPSA) is 97.0 Å². The first-order chi connectivity index (χ1) is 14.0. The second-order valence-corrected chi connectivity index (χ2v) is 8.22. The van der Waals surface area contributed by atoms with Crippen molar-refractivity contribution < 1.29 is 14.3 Å². The Morgan fingerprint density at radius 2 is 2.03 bits per heavy atom. The molecule has 1 aliphatic rings.